The van der Waals surface area contributed by atoms with Crippen LogP contribution in [0.25, 0.3) is 0 Å². The van der Waals surface area contributed by atoms with Gasteiger partial charge in [0.1, 0.15) is 0 Å². The number of halogens is 1. The van der Waals surface area contributed by atoms with Crippen LogP contribution in [0.3, 0.4) is 0 Å². The fraction of sp³-hybridized carbons (Fsp3) is 0.923. The van der Waals surface area contributed by atoms with E-state index in [1.807, 2.05) is 0 Å². The maximum atomic E-state index is 11.7. The molecular weight excluding hydrogens is 266 g/mol. The summed E-state index contributed by atoms with van der Waals surface area (Å²) < 4.78 is 0. The molecule has 0 unspecified atom stereocenters. The molecule has 1 rings (SSSR count). The van der Waals surface area contributed by atoms with E-state index in [1.54, 1.807) is 0 Å². The van der Waals surface area contributed by atoms with Crippen LogP contribution in [0.1, 0.15) is 52.9 Å². The van der Waals surface area contributed by atoms with Gasteiger partial charge in [-0.05, 0) is 23.7 Å². The first-order valence-corrected chi connectivity index (χ1v) is 7.32. The minimum Gasteiger partial charge on any atom is -0.355 e. The van der Waals surface area contributed by atoms with Gasteiger partial charge in [0, 0.05) is 18.3 Å². The number of rotatable bonds is 4. The van der Waals surface area contributed by atoms with Crippen LogP contribution in [0, 0.1) is 10.8 Å². The fourth-order valence-electron chi connectivity index (χ4n) is 2.31. The van der Waals surface area contributed by atoms with Crippen molar-refractivity contribution in [2.45, 2.75) is 52.9 Å². The van der Waals surface area contributed by atoms with Crippen LogP contribution in [-0.2, 0) is 4.79 Å². The Bertz CT molecular complexity index is 239. The van der Waals surface area contributed by atoms with Gasteiger partial charge in [-0.1, -0.05) is 49.5 Å². The van der Waals surface area contributed by atoms with Crippen molar-refractivity contribution in [1.29, 1.82) is 0 Å². The highest BCUT2D eigenvalue weighted by Crippen LogP contribution is 2.39. The Morgan fingerprint density at radius 1 is 1.31 bits per heavy atom. The SMILES string of the molecule is CC(C)(C)CC(=O)NCC1(CBr)CCCC1. The lowest BCUT2D eigenvalue weighted by atomic mass is 9.88. The van der Waals surface area contributed by atoms with Gasteiger partial charge in [-0.25, -0.2) is 0 Å². The van der Waals surface area contributed by atoms with E-state index in [1.165, 1.54) is 25.7 Å². The van der Waals surface area contributed by atoms with E-state index in [0.29, 0.717) is 11.8 Å². The molecule has 0 spiro atoms. The van der Waals surface area contributed by atoms with E-state index < -0.39 is 0 Å². The highest BCUT2D eigenvalue weighted by Gasteiger charge is 2.33. The van der Waals surface area contributed by atoms with Crippen LogP contribution < -0.4 is 5.32 Å². The third-order valence-corrected chi connectivity index (χ3v) is 4.49. The standard InChI is InChI=1S/C13H24BrNO/c1-12(2,3)8-11(16)15-10-13(9-14)6-4-5-7-13/h4-10H2,1-3H3,(H,15,16). The molecule has 0 aliphatic heterocycles. The molecule has 1 aliphatic carbocycles. The topological polar surface area (TPSA) is 29.1 Å². The molecule has 0 atom stereocenters. The summed E-state index contributed by atoms with van der Waals surface area (Å²) in [6.45, 7) is 7.14. The average molecular weight is 290 g/mol. The van der Waals surface area contributed by atoms with Crippen LogP contribution in [0.15, 0.2) is 0 Å². The first kappa shape index (κ1) is 14.0. The third-order valence-electron chi connectivity index (χ3n) is 3.30. The lowest BCUT2D eigenvalue weighted by molar-refractivity contribution is -0.123. The van der Waals surface area contributed by atoms with Crippen LogP contribution in [0.4, 0.5) is 0 Å². The molecule has 0 aromatic heterocycles. The maximum absolute atomic E-state index is 11.7. The summed E-state index contributed by atoms with van der Waals surface area (Å²) >= 11 is 3.59. The van der Waals surface area contributed by atoms with Crippen LogP contribution >= 0.6 is 15.9 Å². The highest BCUT2D eigenvalue weighted by atomic mass is 79.9. The monoisotopic (exact) mass is 289 g/mol. The number of amides is 1. The van der Waals surface area contributed by atoms with E-state index in [2.05, 4.69) is 42.0 Å². The minimum absolute atomic E-state index is 0.0846. The molecule has 0 aromatic carbocycles. The van der Waals surface area contributed by atoms with Crippen molar-refractivity contribution in [3.63, 3.8) is 0 Å². The highest BCUT2D eigenvalue weighted by molar-refractivity contribution is 9.09. The molecule has 1 fully saturated rings. The minimum atomic E-state index is 0.0846. The summed E-state index contributed by atoms with van der Waals surface area (Å²) in [5.41, 5.74) is 0.412. The Morgan fingerprint density at radius 3 is 2.31 bits per heavy atom. The van der Waals surface area contributed by atoms with Gasteiger partial charge in [0.05, 0.1) is 0 Å². The van der Waals surface area contributed by atoms with Gasteiger partial charge in [0.2, 0.25) is 5.91 Å². The molecule has 0 aromatic rings. The molecule has 0 bridgehead atoms. The molecule has 0 saturated heterocycles. The van der Waals surface area contributed by atoms with Gasteiger partial charge in [0.15, 0.2) is 0 Å². The Balaban J connectivity index is 2.35. The van der Waals surface area contributed by atoms with Crippen molar-refractivity contribution in [2.75, 3.05) is 11.9 Å². The third kappa shape index (κ3) is 4.44. The van der Waals surface area contributed by atoms with Crippen molar-refractivity contribution < 1.29 is 4.79 Å². The summed E-state index contributed by atoms with van der Waals surface area (Å²) in [6.07, 6.45) is 5.72. The van der Waals surface area contributed by atoms with Gasteiger partial charge in [-0.15, -0.1) is 0 Å². The normalized spacial score (nSPS) is 19.8. The molecule has 2 nitrogen and oxygen atoms in total. The summed E-state index contributed by atoms with van der Waals surface area (Å²) in [5, 5.41) is 4.11. The predicted molar refractivity (Wildman–Crippen MR) is 71.8 cm³/mol. The zero-order chi connectivity index (χ0) is 12.2. The molecular formula is C13H24BrNO. The molecule has 94 valence electrons. The first-order valence-electron chi connectivity index (χ1n) is 6.20. The van der Waals surface area contributed by atoms with E-state index >= 15 is 0 Å². The first-order chi connectivity index (χ1) is 7.37. The number of nitrogens with one attached hydrogen (secondary N) is 1. The largest absolute Gasteiger partial charge is 0.355 e. The average Bonchev–Trinajstić information content (AvgIpc) is 2.61. The molecule has 0 radical (unpaired) electrons. The number of hydrogen-bond acceptors (Lipinski definition) is 1. The van der Waals surface area contributed by atoms with Crippen molar-refractivity contribution in [3.8, 4) is 0 Å². The van der Waals surface area contributed by atoms with Gasteiger partial charge in [-0.2, -0.15) is 0 Å². The van der Waals surface area contributed by atoms with E-state index in [-0.39, 0.29) is 11.3 Å². The zero-order valence-electron chi connectivity index (χ0n) is 10.7. The van der Waals surface area contributed by atoms with Crippen molar-refractivity contribution >= 4 is 21.8 Å². The Labute approximate surface area is 108 Å². The Hall–Kier alpha value is -0.0500. The van der Waals surface area contributed by atoms with Crippen molar-refractivity contribution in [3.05, 3.63) is 0 Å². The molecule has 3 heteroatoms. The summed E-state index contributed by atoms with van der Waals surface area (Å²) in [7, 11) is 0. The number of alkyl halides is 1. The molecule has 0 heterocycles. The van der Waals surface area contributed by atoms with E-state index in [4.69, 9.17) is 0 Å². The second-order valence-electron chi connectivity index (χ2n) is 6.35. The lowest BCUT2D eigenvalue weighted by Gasteiger charge is -2.27. The van der Waals surface area contributed by atoms with E-state index in [0.717, 1.165) is 11.9 Å². The quantitative estimate of drug-likeness (QED) is 0.789. The van der Waals surface area contributed by atoms with Crippen LogP contribution in [0.5, 0.6) is 0 Å². The summed E-state index contributed by atoms with van der Waals surface area (Å²) in [5.74, 6) is 0.194. The Morgan fingerprint density at radius 2 is 1.88 bits per heavy atom. The molecule has 1 aliphatic rings. The van der Waals surface area contributed by atoms with Gasteiger partial charge in [0.25, 0.3) is 0 Å². The van der Waals surface area contributed by atoms with Gasteiger partial charge in [-0.3, -0.25) is 4.79 Å². The molecule has 1 saturated carbocycles. The predicted octanol–water partition coefficient (Wildman–Crippen LogP) is 3.49. The molecule has 1 amide bonds. The van der Waals surface area contributed by atoms with Gasteiger partial charge >= 0.3 is 0 Å². The van der Waals surface area contributed by atoms with Crippen molar-refractivity contribution in [2.24, 2.45) is 10.8 Å². The van der Waals surface area contributed by atoms with E-state index in [9.17, 15) is 4.79 Å². The second-order valence-corrected chi connectivity index (χ2v) is 6.92. The fourth-order valence-corrected chi connectivity index (χ4v) is 3.07. The number of hydrogen-bond donors (Lipinski definition) is 1. The smallest absolute Gasteiger partial charge is 0.220 e. The van der Waals surface area contributed by atoms with Gasteiger partial charge < -0.3 is 5.32 Å². The summed E-state index contributed by atoms with van der Waals surface area (Å²) in [6, 6.07) is 0. The van der Waals surface area contributed by atoms with Crippen LogP contribution in [-0.4, -0.2) is 17.8 Å². The number of carbonyl (C=O) groups excluding carboxylic acids is 1. The second kappa shape index (κ2) is 5.52. The van der Waals surface area contributed by atoms with Crippen LogP contribution in [0.2, 0.25) is 0 Å². The molecule has 16 heavy (non-hydrogen) atoms. The summed E-state index contributed by atoms with van der Waals surface area (Å²) in [4.78, 5) is 11.7. The molecule has 1 N–H and O–H groups in total. The van der Waals surface area contributed by atoms with Crippen molar-refractivity contribution in [1.82, 2.24) is 5.32 Å². The maximum Gasteiger partial charge on any atom is 0.220 e. The Kier molecular flexibility index (Phi) is 4.84. The number of carbonyl (C=O) groups is 1. The lowest BCUT2D eigenvalue weighted by Crippen LogP contribution is -2.38. The zero-order valence-corrected chi connectivity index (χ0v) is 12.3.